The summed E-state index contributed by atoms with van der Waals surface area (Å²) in [4.78, 5) is 24.7. The van der Waals surface area contributed by atoms with Crippen molar-refractivity contribution in [3.63, 3.8) is 0 Å². The second-order valence-corrected chi connectivity index (χ2v) is 4.41. The van der Waals surface area contributed by atoms with Crippen LogP contribution in [0.1, 0.15) is 13.3 Å². The van der Waals surface area contributed by atoms with E-state index in [0.29, 0.717) is 12.0 Å². The summed E-state index contributed by atoms with van der Waals surface area (Å²) in [5.41, 5.74) is 0.559. The Hall–Kier alpha value is -1.40. The molecule has 18 heavy (non-hydrogen) atoms. The molecule has 1 fully saturated rings. The molecule has 1 saturated heterocycles. The quantitative estimate of drug-likeness (QED) is 0.404. The number of carbonyl (C=O) groups is 2. The van der Waals surface area contributed by atoms with Crippen LogP contribution in [-0.2, 0) is 23.8 Å². The second kappa shape index (κ2) is 5.07. The number of fused-ring (bicyclic) bond motifs is 1. The number of methoxy groups -OCH3 is 2. The van der Waals surface area contributed by atoms with Crippen molar-refractivity contribution in [1.82, 2.24) is 4.90 Å². The van der Waals surface area contributed by atoms with Gasteiger partial charge >= 0.3 is 5.97 Å². The van der Waals surface area contributed by atoms with Crippen LogP contribution in [0.2, 0.25) is 0 Å². The van der Waals surface area contributed by atoms with Gasteiger partial charge in [0.1, 0.15) is 6.79 Å². The van der Waals surface area contributed by atoms with Crippen LogP contribution in [-0.4, -0.2) is 56.0 Å². The van der Waals surface area contributed by atoms with E-state index in [0.717, 1.165) is 0 Å². The maximum Gasteiger partial charge on any atom is 0.333 e. The molecule has 6 heteroatoms. The zero-order valence-electron chi connectivity index (χ0n) is 10.7. The van der Waals surface area contributed by atoms with Crippen molar-refractivity contribution in [2.45, 2.75) is 31.5 Å². The Morgan fingerprint density at radius 1 is 1.44 bits per heavy atom. The first-order valence-corrected chi connectivity index (χ1v) is 5.78. The van der Waals surface area contributed by atoms with E-state index in [1.165, 1.54) is 21.1 Å². The van der Waals surface area contributed by atoms with Crippen LogP contribution in [0.25, 0.3) is 0 Å². The molecule has 1 aliphatic carbocycles. The normalized spacial score (nSPS) is 29.4. The molecule has 1 unspecified atom stereocenters. The van der Waals surface area contributed by atoms with Gasteiger partial charge in [-0.15, -0.1) is 0 Å². The summed E-state index contributed by atoms with van der Waals surface area (Å²) >= 11 is 0. The van der Waals surface area contributed by atoms with Gasteiger partial charge in [-0.2, -0.15) is 0 Å². The van der Waals surface area contributed by atoms with Crippen molar-refractivity contribution in [2.75, 3.05) is 21.0 Å². The number of carbonyl (C=O) groups excluding carboxylic acids is 2. The Morgan fingerprint density at radius 2 is 2.17 bits per heavy atom. The monoisotopic (exact) mass is 255 g/mol. The van der Waals surface area contributed by atoms with Gasteiger partial charge in [0.05, 0.1) is 25.3 Å². The highest BCUT2D eigenvalue weighted by atomic mass is 16.7. The number of ether oxygens (including phenoxy) is 3. The molecular formula is C12H17NO5. The fourth-order valence-corrected chi connectivity index (χ4v) is 2.47. The van der Waals surface area contributed by atoms with E-state index in [9.17, 15) is 9.59 Å². The molecule has 0 aromatic heterocycles. The second-order valence-electron chi connectivity index (χ2n) is 4.41. The SMILES string of the molecule is COCO[C@@H]1CC(C(=O)OC)=C[C@H]2C1N2C(C)=O. The number of rotatable bonds is 4. The first-order chi connectivity index (χ1) is 8.60. The van der Waals surface area contributed by atoms with Crippen molar-refractivity contribution in [1.29, 1.82) is 0 Å². The minimum Gasteiger partial charge on any atom is -0.466 e. The predicted octanol–water partition coefficient (Wildman–Crippen LogP) is 0.0779. The minimum atomic E-state index is -0.366. The topological polar surface area (TPSA) is 64.8 Å². The fourth-order valence-electron chi connectivity index (χ4n) is 2.47. The molecule has 0 radical (unpaired) electrons. The number of hydrogen-bond acceptors (Lipinski definition) is 5. The summed E-state index contributed by atoms with van der Waals surface area (Å²) in [6.45, 7) is 1.66. The molecule has 0 saturated carbocycles. The smallest absolute Gasteiger partial charge is 0.333 e. The first-order valence-electron chi connectivity index (χ1n) is 5.78. The van der Waals surface area contributed by atoms with E-state index in [2.05, 4.69) is 0 Å². The van der Waals surface area contributed by atoms with Gasteiger partial charge < -0.3 is 19.1 Å². The summed E-state index contributed by atoms with van der Waals surface area (Å²) in [5, 5.41) is 0. The van der Waals surface area contributed by atoms with Crippen LogP contribution in [0.4, 0.5) is 0 Å². The third-order valence-corrected chi connectivity index (χ3v) is 3.29. The Labute approximate surface area is 105 Å². The number of amides is 1. The molecule has 2 rings (SSSR count). The third-order valence-electron chi connectivity index (χ3n) is 3.29. The average molecular weight is 255 g/mol. The molecule has 100 valence electrons. The molecule has 1 heterocycles. The van der Waals surface area contributed by atoms with Gasteiger partial charge in [-0.05, 0) is 6.08 Å². The predicted molar refractivity (Wildman–Crippen MR) is 61.6 cm³/mol. The van der Waals surface area contributed by atoms with Crippen LogP contribution >= 0.6 is 0 Å². The summed E-state index contributed by atoms with van der Waals surface area (Å²) in [7, 11) is 2.88. The molecule has 6 nitrogen and oxygen atoms in total. The van der Waals surface area contributed by atoms with E-state index in [1.807, 2.05) is 0 Å². The molecule has 1 amide bonds. The maximum atomic E-state index is 11.5. The average Bonchev–Trinajstić information content (AvgIpc) is 3.09. The maximum absolute atomic E-state index is 11.5. The van der Waals surface area contributed by atoms with Crippen molar-refractivity contribution in [2.24, 2.45) is 0 Å². The summed E-state index contributed by atoms with van der Waals surface area (Å²) in [6.07, 6.45) is 2.03. The lowest BCUT2D eigenvalue weighted by molar-refractivity contribution is -0.137. The van der Waals surface area contributed by atoms with E-state index in [4.69, 9.17) is 14.2 Å². The zero-order valence-corrected chi connectivity index (χ0v) is 10.7. The summed E-state index contributed by atoms with van der Waals surface area (Å²) in [6, 6.07) is -0.0294. The van der Waals surface area contributed by atoms with Crippen LogP contribution < -0.4 is 0 Å². The Bertz CT molecular complexity index is 392. The largest absolute Gasteiger partial charge is 0.466 e. The van der Waals surface area contributed by atoms with Gasteiger partial charge in [-0.1, -0.05) is 0 Å². The zero-order chi connectivity index (χ0) is 13.3. The minimum absolute atomic E-state index is 0.0154. The Balaban J connectivity index is 2.12. The van der Waals surface area contributed by atoms with E-state index in [1.54, 1.807) is 11.0 Å². The van der Waals surface area contributed by atoms with Gasteiger partial charge in [0.25, 0.3) is 0 Å². The van der Waals surface area contributed by atoms with Crippen molar-refractivity contribution >= 4 is 11.9 Å². The van der Waals surface area contributed by atoms with E-state index in [-0.39, 0.29) is 36.9 Å². The molecule has 0 aromatic carbocycles. The van der Waals surface area contributed by atoms with Crippen LogP contribution in [0, 0.1) is 0 Å². The summed E-state index contributed by atoms with van der Waals surface area (Å²) < 4.78 is 15.1. The highest BCUT2D eigenvalue weighted by molar-refractivity contribution is 5.90. The lowest BCUT2D eigenvalue weighted by atomic mass is 9.97. The lowest BCUT2D eigenvalue weighted by Gasteiger charge is -2.19. The van der Waals surface area contributed by atoms with Crippen LogP contribution in [0.5, 0.6) is 0 Å². The fraction of sp³-hybridized carbons (Fsp3) is 0.667. The van der Waals surface area contributed by atoms with Crippen LogP contribution in [0.15, 0.2) is 11.6 Å². The molecule has 0 spiro atoms. The summed E-state index contributed by atoms with van der Waals surface area (Å²) in [5.74, 6) is -0.381. The van der Waals surface area contributed by atoms with Gasteiger partial charge in [0, 0.05) is 26.0 Å². The van der Waals surface area contributed by atoms with E-state index < -0.39 is 0 Å². The molecule has 0 aromatic rings. The molecular weight excluding hydrogens is 238 g/mol. The third kappa shape index (κ3) is 2.26. The highest BCUT2D eigenvalue weighted by Gasteiger charge is 2.56. The Kier molecular flexibility index (Phi) is 3.68. The number of hydrogen-bond donors (Lipinski definition) is 0. The molecule has 0 N–H and O–H groups in total. The van der Waals surface area contributed by atoms with Crippen molar-refractivity contribution < 1.29 is 23.8 Å². The number of nitrogens with zero attached hydrogens (tertiary/aromatic N) is 1. The number of esters is 1. The molecule has 1 aliphatic heterocycles. The van der Waals surface area contributed by atoms with Gasteiger partial charge in [0.15, 0.2) is 0 Å². The first kappa shape index (κ1) is 13.0. The van der Waals surface area contributed by atoms with Crippen molar-refractivity contribution in [3.8, 4) is 0 Å². The highest BCUT2D eigenvalue weighted by Crippen LogP contribution is 2.41. The molecule has 2 aliphatic rings. The van der Waals surface area contributed by atoms with Crippen molar-refractivity contribution in [3.05, 3.63) is 11.6 Å². The molecule has 0 bridgehead atoms. The van der Waals surface area contributed by atoms with Crippen LogP contribution in [0.3, 0.4) is 0 Å². The standard InChI is InChI=1S/C12H17NO5/c1-7(14)13-9-4-8(12(15)17-3)5-10(11(9)13)18-6-16-2/h4,9-11H,5-6H2,1-3H3/t9-,10+,11?,13?/m0/s1. The lowest BCUT2D eigenvalue weighted by Crippen LogP contribution is -2.29. The van der Waals surface area contributed by atoms with Gasteiger partial charge in [-0.25, -0.2) is 4.79 Å². The van der Waals surface area contributed by atoms with Gasteiger partial charge in [-0.3, -0.25) is 4.79 Å². The molecule has 3 atom stereocenters. The van der Waals surface area contributed by atoms with E-state index >= 15 is 0 Å². The van der Waals surface area contributed by atoms with Gasteiger partial charge in [0.2, 0.25) is 5.91 Å². The Morgan fingerprint density at radius 3 is 2.72 bits per heavy atom.